The van der Waals surface area contributed by atoms with Crippen LogP contribution in [0.15, 0.2) is 18.2 Å². The quantitative estimate of drug-likeness (QED) is 0.684. The maximum Gasteiger partial charge on any atom is 0.342 e. The first kappa shape index (κ1) is 14.7. The summed E-state index contributed by atoms with van der Waals surface area (Å²) in [5.41, 5.74) is -0.277. The number of ether oxygens (including phenoxy) is 1. The van der Waals surface area contributed by atoms with Gasteiger partial charge in [-0.2, -0.15) is 0 Å². The van der Waals surface area contributed by atoms with Gasteiger partial charge >= 0.3 is 5.97 Å². The molecular weight excluding hydrogens is 288 g/mol. The zero-order valence-corrected chi connectivity index (χ0v) is 10.6. The van der Waals surface area contributed by atoms with Crippen molar-refractivity contribution in [1.29, 1.82) is 0 Å². The molecule has 0 bridgehead atoms. The second kappa shape index (κ2) is 5.99. The molecule has 5 nitrogen and oxygen atoms in total. The molecule has 0 fully saturated rings. The molecule has 0 heterocycles. The summed E-state index contributed by atoms with van der Waals surface area (Å²) in [5.74, 6) is -2.98. The zero-order chi connectivity index (χ0) is 13.9. The Kier molecular flexibility index (Phi) is 4.89. The summed E-state index contributed by atoms with van der Waals surface area (Å²) < 4.78 is 18.1. The molecule has 18 heavy (non-hydrogen) atoms. The largest absolute Gasteiger partial charge is 0.479 e. The van der Waals surface area contributed by atoms with Crippen molar-refractivity contribution in [1.82, 2.24) is 0 Å². The van der Waals surface area contributed by atoms with E-state index >= 15 is 0 Å². The van der Waals surface area contributed by atoms with Crippen molar-refractivity contribution in [2.24, 2.45) is 0 Å². The number of hydrogen-bond donors (Lipinski definition) is 1. The van der Waals surface area contributed by atoms with Gasteiger partial charge in [-0.25, -0.2) is 4.79 Å². The van der Waals surface area contributed by atoms with E-state index in [4.69, 9.17) is 28.3 Å². The van der Waals surface area contributed by atoms with E-state index in [1.54, 1.807) is 0 Å². The number of anilines is 1. The Balaban J connectivity index is 3.02. The third-order valence-electron chi connectivity index (χ3n) is 1.95. The van der Waals surface area contributed by atoms with E-state index in [1.165, 1.54) is 6.07 Å². The molecule has 1 aromatic rings. The molecule has 1 atom stereocenters. The molecule has 1 rings (SSSR count). The number of benzene rings is 1. The van der Waals surface area contributed by atoms with Crippen molar-refractivity contribution in [2.45, 2.75) is 6.10 Å². The lowest BCUT2D eigenvalue weighted by molar-refractivity contribution is -0.155. The summed E-state index contributed by atoms with van der Waals surface area (Å²) in [6.07, 6.45) is -1.94. The van der Waals surface area contributed by atoms with Crippen molar-refractivity contribution >= 4 is 40.8 Å². The molecule has 0 aliphatic carbocycles. The molecule has 0 spiro atoms. The summed E-state index contributed by atoms with van der Waals surface area (Å²) in [6.45, 7) is 0. The highest BCUT2D eigenvalue weighted by molar-refractivity contribution is 6.35. The Hall–Kier alpha value is -1.37. The molecule has 0 aromatic heterocycles. The maximum absolute atomic E-state index is 13.7. The molecule has 98 valence electrons. The van der Waals surface area contributed by atoms with E-state index in [9.17, 15) is 14.1 Å². The van der Waals surface area contributed by atoms with Gasteiger partial charge in [-0.15, -0.1) is 5.12 Å². The van der Waals surface area contributed by atoms with Gasteiger partial charge < -0.3 is 9.84 Å². The number of nitrogens with zero attached hydrogens (tertiary/aromatic N) is 1. The van der Waals surface area contributed by atoms with Crippen molar-refractivity contribution in [3.8, 4) is 0 Å². The Morgan fingerprint density at radius 3 is 2.22 bits per heavy atom. The van der Waals surface area contributed by atoms with E-state index in [2.05, 4.69) is 4.74 Å². The number of carboxylic acids is 1. The van der Waals surface area contributed by atoms with Gasteiger partial charge in [0.2, 0.25) is 6.10 Å². The van der Waals surface area contributed by atoms with Gasteiger partial charge in [0.25, 0.3) is 5.91 Å². The Labute approximate surface area is 112 Å². The first-order valence-corrected chi connectivity index (χ1v) is 5.34. The van der Waals surface area contributed by atoms with Gasteiger partial charge in [0, 0.05) is 17.2 Å². The summed E-state index contributed by atoms with van der Waals surface area (Å²) in [7, 11) is 0.982. The lowest BCUT2D eigenvalue weighted by Gasteiger charge is -2.16. The minimum Gasteiger partial charge on any atom is -0.479 e. The van der Waals surface area contributed by atoms with Crippen LogP contribution in [-0.4, -0.2) is 30.2 Å². The van der Waals surface area contributed by atoms with Gasteiger partial charge in [-0.1, -0.05) is 27.7 Å². The van der Waals surface area contributed by atoms with E-state index in [0.717, 1.165) is 19.2 Å². The molecule has 0 saturated heterocycles. The van der Waals surface area contributed by atoms with Crippen LogP contribution in [0.3, 0.4) is 0 Å². The van der Waals surface area contributed by atoms with Crippen LogP contribution < -0.4 is 5.12 Å². The summed E-state index contributed by atoms with van der Waals surface area (Å²) in [6, 6.07) is 3.59. The van der Waals surface area contributed by atoms with Crippen LogP contribution in [0, 0.1) is 0 Å². The van der Waals surface area contributed by atoms with Crippen molar-refractivity contribution in [3.05, 3.63) is 28.2 Å². The predicted molar refractivity (Wildman–Crippen MR) is 63.5 cm³/mol. The number of hydrogen-bond acceptors (Lipinski definition) is 3. The van der Waals surface area contributed by atoms with Crippen LogP contribution in [0.5, 0.6) is 0 Å². The van der Waals surface area contributed by atoms with E-state index < -0.39 is 18.0 Å². The minimum atomic E-state index is -1.94. The normalized spacial score (nSPS) is 12.0. The molecule has 0 saturated carbocycles. The van der Waals surface area contributed by atoms with Crippen LogP contribution in [0.25, 0.3) is 0 Å². The maximum atomic E-state index is 13.7. The van der Waals surface area contributed by atoms with Gasteiger partial charge in [0.05, 0.1) is 5.69 Å². The fraction of sp³-hybridized carbons (Fsp3) is 0.200. The summed E-state index contributed by atoms with van der Waals surface area (Å²) in [4.78, 5) is 22.1. The predicted octanol–water partition coefficient (Wildman–Crippen LogP) is 2.31. The molecule has 1 unspecified atom stereocenters. The Morgan fingerprint density at radius 2 is 1.83 bits per heavy atom. The molecule has 0 aliphatic rings. The van der Waals surface area contributed by atoms with Crippen LogP contribution in [0.1, 0.15) is 0 Å². The van der Waals surface area contributed by atoms with Crippen LogP contribution in [-0.2, 0) is 14.3 Å². The molecule has 1 N–H and O–H groups in total. The Morgan fingerprint density at radius 1 is 1.33 bits per heavy atom. The highest BCUT2D eigenvalue weighted by atomic mass is 35.5. The average Bonchev–Trinajstić information content (AvgIpc) is 2.26. The summed E-state index contributed by atoms with van der Waals surface area (Å²) in [5, 5.41) is 8.50. The zero-order valence-electron chi connectivity index (χ0n) is 9.06. The fourth-order valence-corrected chi connectivity index (χ4v) is 1.70. The number of carboxylic acid groups (broad SMARTS) is 1. The number of halogens is 3. The second-order valence-corrected chi connectivity index (χ2v) is 4.07. The van der Waals surface area contributed by atoms with Gasteiger partial charge in [-0.05, 0) is 18.2 Å². The van der Waals surface area contributed by atoms with Crippen LogP contribution in [0.2, 0.25) is 10.0 Å². The highest BCUT2D eigenvalue weighted by Gasteiger charge is 2.32. The highest BCUT2D eigenvalue weighted by Crippen LogP contribution is 2.26. The van der Waals surface area contributed by atoms with Crippen molar-refractivity contribution in [2.75, 3.05) is 12.2 Å². The molecule has 0 radical (unpaired) electrons. The topological polar surface area (TPSA) is 66.8 Å². The number of carbonyl (C=O) groups is 2. The third-order valence-corrected chi connectivity index (χ3v) is 2.39. The van der Waals surface area contributed by atoms with Gasteiger partial charge in [0.15, 0.2) is 0 Å². The smallest absolute Gasteiger partial charge is 0.342 e. The number of rotatable bonds is 4. The lowest BCUT2D eigenvalue weighted by atomic mass is 10.2. The minimum absolute atomic E-state index is 0.109. The monoisotopic (exact) mass is 295 g/mol. The summed E-state index contributed by atoms with van der Waals surface area (Å²) >= 11 is 11.3. The third kappa shape index (κ3) is 3.32. The molecule has 8 heteroatoms. The first-order valence-electron chi connectivity index (χ1n) is 4.58. The molecule has 0 aliphatic heterocycles. The van der Waals surface area contributed by atoms with Crippen molar-refractivity contribution < 1.29 is 23.9 Å². The SMILES string of the molecule is COC(C(=O)O)C(=O)N(F)c1cc(Cl)cc(Cl)c1. The van der Waals surface area contributed by atoms with E-state index in [0.29, 0.717) is 0 Å². The first-order chi connectivity index (χ1) is 8.36. The molecular formula is C10H8Cl2FNO4. The number of methoxy groups -OCH3 is 1. The van der Waals surface area contributed by atoms with Crippen LogP contribution >= 0.6 is 23.2 Å². The van der Waals surface area contributed by atoms with Crippen molar-refractivity contribution in [3.63, 3.8) is 0 Å². The lowest BCUT2D eigenvalue weighted by Crippen LogP contribution is -2.40. The number of carbonyl (C=O) groups excluding carboxylic acids is 1. The number of aliphatic carboxylic acids is 1. The average molecular weight is 296 g/mol. The van der Waals surface area contributed by atoms with Gasteiger partial charge in [0.1, 0.15) is 0 Å². The van der Waals surface area contributed by atoms with E-state index in [1.807, 2.05) is 0 Å². The Bertz CT molecular complexity index is 463. The standard InChI is InChI=1S/C10H8Cl2FNO4/c1-18-8(10(16)17)9(15)14(13)7-3-5(11)2-6(12)4-7/h2-4,8H,1H3,(H,16,17). The molecule has 1 aromatic carbocycles. The van der Waals surface area contributed by atoms with Gasteiger partial charge in [-0.3, -0.25) is 4.79 Å². The van der Waals surface area contributed by atoms with Crippen LogP contribution in [0.4, 0.5) is 10.2 Å². The fourth-order valence-electron chi connectivity index (χ4n) is 1.19. The second-order valence-electron chi connectivity index (χ2n) is 3.20. The van der Waals surface area contributed by atoms with E-state index in [-0.39, 0.29) is 20.9 Å². The molecule has 1 amide bonds. The number of amides is 1.